The lowest BCUT2D eigenvalue weighted by Crippen LogP contribution is -2.30. The quantitative estimate of drug-likeness (QED) is 0.354. The van der Waals surface area contributed by atoms with Gasteiger partial charge in [-0.2, -0.15) is 0 Å². The van der Waals surface area contributed by atoms with Crippen LogP contribution in [0.5, 0.6) is 23.0 Å². The largest absolute Gasteiger partial charge is 0.490 e. The molecule has 2 aliphatic rings. The molecule has 0 aliphatic carbocycles. The van der Waals surface area contributed by atoms with Gasteiger partial charge in [-0.1, -0.05) is 12.1 Å². The number of fused-ring (bicyclic) bond motifs is 2. The maximum absolute atomic E-state index is 5.90. The highest BCUT2D eigenvalue weighted by Gasteiger charge is 2.15. The van der Waals surface area contributed by atoms with Crippen molar-refractivity contribution in [3.05, 3.63) is 42.0 Å². The van der Waals surface area contributed by atoms with E-state index in [0.29, 0.717) is 38.9 Å². The summed E-state index contributed by atoms with van der Waals surface area (Å²) in [6.45, 7) is 5.94. The van der Waals surface area contributed by atoms with Crippen LogP contribution in [0.2, 0.25) is 0 Å². The summed E-state index contributed by atoms with van der Waals surface area (Å²) in [5, 5.41) is 6.63. The molecule has 4 rings (SSSR count). The first kappa shape index (κ1) is 22.3. The first-order valence-corrected chi connectivity index (χ1v) is 10.2. The minimum Gasteiger partial charge on any atom is -0.490 e. The van der Waals surface area contributed by atoms with E-state index in [0.717, 1.165) is 53.6 Å². The van der Waals surface area contributed by atoms with E-state index in [1.54, 1.807) is 0 Å². The van der Waals surface area contributed by atoms with Gasteiger partial charge in [0.1, 0.15) is 0 Å². The molecule has 0 radical (unpaired) electrons. The summed E-state index contributed by atoms with van der Waals surface area (Å²) in [7, 11) is 0. The van der Waals surface area contributed by atoms with Crippen LogP contribution < -0.4 is 29.6 Å². The molecule has 2 aliphatic heterocycles. The lowest BCUT2D eigenvalue weighted by Gasteiger charge is -2.15. The standard InChI is InChI=1S/C22H27N3O4.HI/c1-2-23-22(25-17-8-9-18-20(14-17)28-12-4-10-26-18)24-15-16-6-3-7-19-21(16)29-13-5-11-27-19;/h3,6-9,14H,2,4-5,10-13,15H2,1H3,(H2,23,24,25);1H. The van der Waals surface area contributed by atoms with E-state index in [-0.39, 0.29) is 24.0 Å². The second-order valence-electron chi connectivity index (χ2n) is 6.83. The molecule has 0 atom stereocenters. The van der Waals surface area contributed by atoms with Crippen molar-refractivity contribution < 1.29 is 18.9 Å². The van der Waals surface area contributed by atoms with Crippen LogP contribution in [0.25, 0.3) is 0 Å². The Labute approximate surface area is 194 Å². The average molecular weight is 525 g/mol. The Morgan fingerprint density at radius 1 is 0.900 bits per heavy atom. The van der Waals surface area contributed by atoms with Crippen molar-refractivity contribution in [2.45, 2.75) is 26.3 Å². The Morgan fingerprint density at radius 2 is 1.63 bits per heavy atom. The summed E-state index contributed by atoms with van der Waals surface area (Å²) < 4.78 is 23.1. The molecule has 0 bridgehead atoms. The van der Waals surface area contributed by atoms with Crippen LogP contribution >= 0.6 is 24.0 Å². The monoisotopic (exact) mass is 525 g/mol. The van der Waals surface area contributed by atoms with Crippen molar-refractivity contribution in [1.82, 2.24) is 5.32 Å². The average Bonchev–Trinajstić information content (AvgIpc) is 3.12. The molecular weight excluding hydrogens is 497 g/mol. The fourth-order valence-corrected chi connectivity index (χ4v) is 3.23. The summed E-state index contributed by atoms with van der Waals surface area (Å²) in [5.74, 6) is 3.80. The highest BCUT2D eigenvalue weighted by atomic mass is 127. The minimum absolute atomic E-state index is 0. The number of aliphatic imine (C=N–C) groups is 1. The molecule has 8 heteroatoms. The number of para-hydroxylation sites is 1. The third kappa shape index (κ3) is 5.62. The van der Waals surface area contributed by atoms with Crippen molar-refractivity contribution in [3.8, 4) is 23.0 Å². The van der Waals surface area contributed by atoms with Crippen molar-refractivity contribution in [2.24, 2.45) is 4.99 Å². The van der Waals surface area contributed by atoms with Gasteiger partial charge in [0.25, 0.3) is 0 Å². The van der Waals surface area contributed by atoms with Crippen molar-refractivity contribution >= 4 is 35.6 Å². The zero-order valence-corrected chi connectivity index (χ0v) is 19.4. The smallest absolute Gasteiger partial charge is 0.196 e. The van der Waals surface area contributed by atoms with E-state index in [4.69, 9.17) is 23.9 Å². The van der Waals surface area contributed by atoms with E-state index >= 15 is 0 Å². The van der Waals surface area contributed by atoms with Gasteiger partial charge in [0.05, 0.1) is 33.0 Å². The first-order chi connectivity index (χ1) is 14.3. The molecule has 2 N–H and O–H groups in total. The molecule has 0 saturated carbocycles. The maximum Gasteiger partial charge on any atom is 0.196 e. The Balaban J connectivity index is 0.00000256. The van der Waals surface area contributed by atoms with Crippen molar-refractivity contribution in [2.75, 3.05) is 38.3 Å². The van der Waals surface area contributed by atoms with Crippen LogP contribution in [0.4, 0.5) is 5.69 Å². The van der Waals surface area contributed by atoms with Crippen LogP contribution in [0.15, 0.2) is 41.4 Å². The van der Waals surface area contributed by atoms with Gasteiger partial charge in [-0.25, -0.2) is 4.99 Å². The second kappa shape index (κ2) is 11.1. The Bertz CT molecular complexity index is 875. The number of hydrogen-bond acceptors (Lipinski definition) is 5. The SMILES string of the molecule is CCNC(=NCc1cccc2c1OCCCO2)Nc1ccc2c(c1)OCCCO2.I. The van der Waals surface area contributed by atoms with E-state index in [9.17, 15) is 0 Å². The number of anilines is 1. The van der Waals surface area contributed by atoms with Gasteiger partial charge in [0.2, 0.25) is 0 Å². The lowest BCUT2D eigenvalue weighted by molar-refractivity contribution is 0.296. The van der Waals surface area contributed by atoms with E-state index in [2.05, 4.69) is 10.6 Å². The van der Waals surface area contributed by atoms with Crippen LogP contribution in [0, 0.1) is 0 Å². The third-order valence-corrected chi connectivity index (χ3v) is 4.62. The first-order valence-electron chi connectivity index (χ1n) is 10.2. The third-order valence-electron chi connectivity index (χ3n) is 4.62. The van der Waals surface area contributed by atoms with Crippen molar-refractivity contribution in [3.63, 3.8) is 0 Å². The van der Waals surface area contributed by atoms with Gasteiger partial charge >= 0.3 is 0 Å². The van der Waals surface area contributed by atoms with Crippen LogP contribution in [-0.2, 0) is 6.54 Å². The Morgan fingerprint density at radius 3 is 2.43 bits per heavy atom. The molecule has 2 aromatic rings. The number of rotatable bonds is 4. The summed E-state index contributed by atoms with van der Waals surface area (Å²) in [4.78, 5) is 4.74. The van der Waals surface area contributed by atoms with Gasteiger partial charge in [-0.3, -0.25) is 0 Å². The molecule has 0 spiro atoms. The number of benzene rings is 2. The molecule has 2 aromatic carbocycles. The van der Waals surface area contributed by atoms with E-state index in [1.165, 1.54) is 0 Å². The predicted molar refractivity (Wildman–Crippen MR) is 128 cm³/mol. The normalized spacial score (nSPS) is 15.3. The molecule has 0 fully saturated rings. The Kier molecular flexibility index (Phi) is 8.30. The zero-order valence-electron chi connectivity index (χ0n) is 17.1. The highest BCUT2D eigenvalue weighted by Crippen LogP contribution is 2.34. The number of hydrogen-bond donors (Lipinski definition) is 2. The molecule has 0 saturated heterocycles. The number of nitrogens with zero attached hydrogens (tertiary/aromatic N) is 1. The molecule has 0 amide bonds. The van der Waals surface area contributed by atoms with Crippen molar-refractivity contribution in [1.29, 1.82) is 0 Å². The predicted octanol–water partition coefficient (Wildman–Crippen LogP) is 4.20. The fraction of sp³-hybridized carbons (Fsp3) is 0.409. The van der Waals surface area contributed by atoms with E-state index in [1.807, 2.05) is 43.3 Å². The van der Waals surface area contributed by atoms with Gasteiger partial charge in [0, 0.05) is 36.7 Å². The van der Waals surface area contributed by atoms with Gasteiger partial charge in [0.15, 0.2) is 29.0 Å². The Hall–Kier alpha value is -2.36. The molecule has 2 heterocycles. The maximum atomic E-state index is 5.90. The van der Waals surface area contributed by atoms with Gasteiger partial charge < -0.3 is 29.6 Å². The summed E-state index contributed by atoms with van der Waals surface area (Å²) in [6, 6.07) is 11.8. The highest BCUT2D eigenvalue weighted by molar-refractivity contribution is 14.0. The molecule has 0 aromatic heterocycles. The fourth-order valence-electron chi connectivity index (χ4n) is 3.23. The molecule has 0 unspecified atom stereocenters. The van der Waals surface area contributed by atoms with Gasteiger partial charge in [-0.05, 0) is 25.1 Å². The summed E-state index contributed by atoms with van der Waals surface area (Å²) >= 11 is 0. The lowest BCUT2D eigenvalue weighted by atomic mass is 10.2. The molecular formula is C22H28IN3O4. The number of nitrogens with one attached hydrogen (secondary N) is 2. The summed E-state index contributed by atoms with van der Waals surface area (Å²) in [6.07, 6.45) is 1.76. The second-order valence-corrected chi connectivity index (χ2v) is 6.83. The molecule has 7 nitrogen and oxygen atoms in total. The summed E-state index contributed by atoms with van der Waals surface area (Å²) in [5.41, 5.74) is 1.89. The van der Waals surface area contributed by atoms with Gasteiger partial charge in [-0.15, -0.1) is 24.0 Å². The van der Waals surface area contributed by atoms with Crippen LogP contribution in [0.1, 0.15) is 25.3 Å². The number of ether oxygens (including phenoxy) is 4. The zero-order chi connectivity index (χ0) is 19.9. The van der Waals surface area contributed by atoms with Crippen LogP contribution in [0.3, 0.4) is 0 Å². The van der Waals surface area contributed by atoms with E-state index < -0.39 is 0 Å². The van der Waals surface area contributed by atoms with Crippen LogP contribution in [-0.4, -0.2) is 38.9 Å². The minimum atomic E-state index is 0. The molecule has 162 valence electrons. The topological polar surface area (TPSA) is 73.3 Å². The number of guanidine groups is 1. The molecule has 30 heavy (non-hydrogen) atoms. The number of halogens is 1.